The zero-order valence-corrected chi connectivity index (χ0v) is 18.3. The Morgan fingerprint density at radius 1 is 1.03 bits per heavy atom. The highest BCUT2D eigenvalue weighted by Gasteiger charge is 2.25. The van der Waals surface area contributed by atoms with Crippen molar-refractivity contribution in [3.8, 4) is 0 Å². The summed E-state index contributed by atoms with van der Waals surface area (Å²) < 4.78 is 11.4. The molecule has 0 radical (unpaired) electrons. The second-order valence-electron chi connectivity index (χ2n) is 9.27. The molecule has 3 rings (SSSR count). The van der Waals surface area contributed by atoms with Crippen LogP contribution < -0.4 is 5.32 Å². The Hall–Kier alpha value is -1.63. The van der Waals surface area contributed by atoms with Gasteiger partial charge in [-0.15, -0.1) is 0 Å². The monoisotopic (exact) mass is 403 g/mol. The Bertz CT molecular complexity index is 628. The van der Waals surface area contributed by atoms with E-state index in [9.17, 15) is 4.79 Å². The van der Waals surface area contributed by atoms with Crippen LogP contribution in [0.1, 0.15) is 44.7 Å². The number of carbonyl (C=O) groups is 1. The average Bonchev–Trinajstić information content (AvgIpc) is 2.69. The predicted octanol–water partition coefficient (Wildman–Crippen LogP) is 3.26. The van der Waals surface area contributed by atoms with Crippen molar-refractivity contribution >= 4 is 6.09 Å². The van der Waals surface area contributed by atoms with Gasteiger partial charge in [-0.1, -0.05) is 24.3 Å². The molecule has 0 bridgehead atoms. The Morgan fingerprint density at radius 2 is 1.66 bits per heavy atom. The summed E-state index contributed by atoms with van der Waals surface area (Å²) in [6.45, 7) is 13.6. The van der Waals surface area contributed by atoms with E-state index in [1.54, 1.807) is 0 Å². The van der Waals surface area contributed by atoms with E-state index in [0.717, 1.165) is 52.4 Å². The molecule has 2 heterocycles. The van der Waals surface area contributed by atoms with Crippen molar-refractivity contribution in [2.24, 2.45) is 5.92 Å². The molecule has 6 nitrogen and oxygen atoms in total. The number of hydrogen-bond acceptors (Lipinski definition) is 5. The molecular formula is C23H37N3O3. The lowest BCUT2D eigenvalue weighted by molar-refractivity contribution is 0.0139. The number of amides is 1. The van der Waals surface area contributed by atoms with Crippen LogP contribution in [0.15, 0.2) is 24.3 Å². The number of nitrogens with one attached hydrogen (secondary N) is 1. The molecule has 0 spiro atoms. The summed E-state index contributed by atoms with van der Waals surface area (Å²) in [5, 5.41) is 3.39. The SMILES string of the molecule is CC(C)(C)OC(=O)N1CCN(Cc2ccc(COCC3CCNCC3)cc2)CC1. The van der Waals surface area contributed by atoms with Gasteiger partial charge in [-0.25, -0.2) is 4.79 Å². The molecule has 0 atom stereocenters. The molecule has 2 aliphatic heterocycles. The lowest BCUT2D eigenvalue weighted by atomic mass is 9.99. The Labute approximate surface area is 175 Å². The third-order valence-corrected chi connectivity index (χ3v) is 5.53. The minimum atomic E-state index is -0.437. The van der Waals surface area contributed by atoms with Gasteiger partial charge in [-0.2, -0.15) is 0 Å². The molecule has 0 aliphatic carbocycles. The largest absolute Gasteiger partial charge is 0.444 e. The Morgan fingerprint density at radius 3 is 2.28 bits per heavy atom. The van der Waals surface area contributed by atoms with Gasteiger partial charge in [-0.3, -0.25) is 4.90 Å². The number of rotatable bonds is 6. The summed E-state index contributed by atoms with van der Waals surface area (Å²) in [7, 11) is 0. The van der Waals surface area contributed by atoms with Crippen LogP contribution >= 0.6 is 0 Å². The van der Waals surface area contributed by atoms with E-state index < -0.39 is 5.60 Å². The van der Waals surface area contributed by atoms with Gasteiger partial charge >= 0.3 is 6.09 Å². The first kappa shape index (κ1) is 22.1. The number of hydrogen-bond donors (Lipinski definition) is 1. The highest BCUT2D eigenvalue weighted by Crippen LogP contribution is 2.15. The summed E-state index contributed by atoms with van der Waals surface area (Å²) in [5.74, 6) is 0.704. The second kappa shape index (κ2) is 10.4. The van der Waals surface area contributed by atoms with Gasteiger partial charge in [0.2, 0.25) is 0 Å². The summed E-state index contributed by atoms with van der Waals surface area (Å²) in [6, 6.07) is 8.75. The van der Waals surface area contributed by atoms with Gasteiger partial charge in [-0.05, 0) is 63.7 Å². The first-order chi connectivity index (χ1) is 13.9. The molecule has 2 fully saturated rings. The first-order valence-corrected chi connectivity index (χ1v) is 11.0. The average molecular weight is 404 g/mol. The molecule has 1 aromatic carbocycles. The van der Waals surface area contributed by atoms with Gasteiger partial charge in [0.25, 0.3) is 0 Å². The van der Waals surface area contributed by atoms with Crippen LogP contribution in [0.3, 0.4) is 0 Å². The Kier molecular flexibility index (Phi) is 7.92. The van der Waals surface area contributed by atoms with Crippen LogP contribution in [-0.4, -0.2) is 67.4 Å². The van der Waals surface area contributed by atoms with E-state index in [1.807, 2.05) is 25.7 Å². The highest BCUT2D eigenvalue weighted by molar-refractivity contribution is 5.68. The molecule has 6 heteroatoms. The van der Waals surface area contributed by atoms with Crippen LogP contribution in [0.25, 0.3) is 0 Å². The van der Waals surface area contributed by atoms with E-state index >= 15 is 0 Å². The molecule has 1 N–H and O–H groups in total. The quantitative estimate of drug-likeness (QED) is 0.790. The highest BCUT2D eigenvalue weighted by atomic mass is 16.6. The first-order valence-electron chi connectivity index (χ1n) is 11.0. The van der Waals surface area contributed by atoms with Crippen LogP contribution in [0.5, 0.6) is 0 Å². The fourth-order valence-electron chi connectivity index (χ4n) is 3.81. The molecule has 0 aromatic heterocycles. The molecule has 29 heavy (non-hydrogen) atoms. The molecule has 1 amide bonds. The fraction of sp³-hybridized carbons (Fsp3) is 0.696. The molecule has 162 valence electrons. The van der Waals surface area contributed by atoms with Gasteiger partial charge in [0.15, 0.2) is 0 Å². The van der Waals surface area contributed by atoms with Crippen molar-refractivity contribution in [1.82, 2.24) is 15.1 Å². The third-order valence-electron chi connectivity index (χ3n) is 5.53. The van der Waals surface area contributed by atoms with Crippen molar-refractivity contribution in [3.63, 3.8) is 0 Å². The smallest absolute Gasteiger partial charge is 0.410 e. The number of ether oxygens (including phenoxy) is 2. The van der Waals surface area contributed by atoms with Crippen molar-refractivity contribution in [3.05, 3.63) is 35.4 Å². The Balaban J connectivity index is 1.36. The fourth-order valence-corrected chi connectivity index (χ4v) is 3.81. The van der Waals surface area contributed by atoms with Gasteiger partial charge in [0, 0.05) is 39.3 Å². The summed E-state index contributed by atoms with van der Waals surface area (Å²) in [4.78, 5) is 16.4. The van der Waals surface area contributed by atoms with Crippen LogP contribution in [-0.2, 0) is 22.6 Å². The van der Waals surface area contributed by atoms with Crippen molar-refractivity contribution < 1.29 is 14.3 Å². The maximum atomic E-state index is 12.2. The second-order valence-corrected chi connectivity index (χ2v) is 9.27. The van der Waals surface area contributed by atoms with Crippen LogP contribution in [0, 0.1) is 5.92 Å². The number of piperazine rings is 1. The molecular weight excluding hydrogens is 366 g/mol. The topological polar surface area (TPSA) is 54.0 Å². The zero-order chi connectivity index (χ0) is 20.7. The number of nitrogens with zero attached hydrogens (tertiary/aromatic N) is 2. The van der Waals surface area contributed by atoms with Gasteiger partial charge in [0.05, 0.1) is 6.61 Å². The van der Waals surface area contributed by atoms with Crippen molar-refractivity contribution in [2.75, 3.05) is 45.9 Å². The maximum absolute atomic E-state index is 12.2. The minimum absolute atomic E-state index is 0.203. The molecule has 2 aliphatic rings. The van der Waals surface area contributed by atoms with Crippen molar-refractivity contribution in [2.45, 2.75) is 52.4 Å². The minimum Gasteiger partial charge on any atom is -0.444 e. The number of piperidine rings is 1. The number of benzene rings is 1. The van der Waals surface area contributed by atoms with E-state index in [-0.39, 0.29) is 6.09 Å². The van der Waals surface area contributed by atoms with Gasteiger partial charge in [0.1, 0.15) is 5.60 Å². The molecule has 1 aromatic rings. The van der Waals surface area contributed by atoms with E-state index in [1.165, 1.54) is 24.0 Å². The zero-order valence-electron chi connectivity index (χ0n) is 18.3. The maximum Gasteiger partial charge on any atom is 0.410 e. The predicted molar refractivity (Wildman–Crippen MR) is 115 cm³/mol. The molecule has 2 saturated heterocycles. The summed E-state index contributed by atoms with van der Waals surface area (Å²) in [6.07, 6.45) is 2.24. The van der Waals surface area contributed by atoms with Crippen LogP contribution in [0.4, 0.5) is 4.79 Å². The normalized spacial score (nSPS) is 19.3. The summed E-state index contributed by atoms with van der Waals surface area (Å²) >= 11 is 0. The molecule has 0 saturated carbocycles. The molecule has 0 unspecified atom stereocenters. The van der Waals surface area contributed by atoms with E-state index in [2.05, 4.69) is 34.5 Å². The lowest BCUT2D eigenvalue weighted by Gasteiger charge is -2.35. The van der Waals surface area contributed by atoms with E-state index in [0.29, 0.717) is 12.5 Å². The van der Waals surface area contributed by atoms with Gasteiger partial charge < -0.3 is 19.7 Å². The number of carbonyl (C=O) groups excluding carboxylic acids is 1. The van der Waals surface area contributed by atoms with Crippen LogP contribution in [0.2, 0.25) is 0 Å². The third kappa shape index (κ3) is 7.61. The van der Waals surface area contributed by atoms with Crippen molar-refractivity contribution in [1.29, 1.82) is 0 Å². The lowest BCUT2D eigenvalue weighted by Crippen LogP contribution is -2.49. The summed E-state index contributed by atoms with van der Waals surface area (Å²) in [5.41, 5.74) is 2.10. The standard InChI is InChI=1S/C23H37N3O3/c1-23(2,3)29-22(27)26-14-12-25(13-15-26)16-19-4-6-20(7-5-19)17-28-18-21-8-10-24-11-9-21/h4-7,21,24H,8-18H2,1-3H3. The van der Waals surface area contributed by atoms with E-state index in [4.69, 9.17) is 9.47 Å².